The molecule has 172 valence electrons. The summed E-state index contributed by atoms with van der Waals surface area (Å²) in [6, 6.07) is 41.1. The largest absolute Gasteiger partial charge is 0.462 e. The number of anilines is 5. The number of para-hydroxylation sites is 4. The molecule has 0 radical (unpaired) electrons. The van der Waals surface area contributed by atoms with Crippen LogP contribution in [0.25, 0.3) is 32.9 Å². The first kappa shape index (κ1) is 20.4. The summed E-state index contributed by atoms with van der Waals surface area (Å²) in [7, 11) is 0. The quantitative estimate of drug-likeness (QED) is 0.274. The van der Waals surface area contributed by atoms with Crippen molar-refractivity contribution in [2.24, 2.45) is 0 Å². The summed E-state index contributed by atoms with van der Waals surface area (Å²) in [6.07, 6.45) is 1.84. The van der Waals surface area contributed by atoms with Gasteiger partial charge in [0, 0.05) is 33.9 Å². The van der Waals surface area contributed by atoms with Gasteiger partial charge in [0.1, 0.15) is 23.0 Å². The molecule has 0 fully saturated rings. The van der Waals surface area contributed by atoms with Crippen LogP contribution in [0.15, 0.2) is 136 Å². The predicted octanol–water partition coefficient (Wildman–Crippen LogP) is 9.55. The van der Waals surface area contributed by atoms with E-state index >= 15 is 0 Å². The summed E-state index contributed by atoms with van der Waals surface area (Å²) < 4.78 is 12.4. The molecule has 0 bridgehead atoms. The second-order valence-electron chi connectivity index (χ2n) is 8.75. The van der Waals surface area contributed by atoms with Crippen LogP contribution >= 0.6 is 0 Å². The van der Waals surface area contributed by atoms with E-state index in [-0.39, 0.29) is 0 Å². The third kappa shape index (κ3) is 3.39. The van der Waals surface area contributed by atoms with E-state index in [1.165, 1.54) is 0 Å². The molecule has 4 heteroatoms. The molecule has 0 aliphatic heterocycles. The van der Waals surface area contributed by atoms with Gasteiger partial charge in [-0.05, 0) is 48.5 Å². The van der Waals surface area contributed by atoms with Crippen LogP contribution in [0.5, 0.6) is 0 Å². The number of fused-ring (bicyclic) bond motifs is 4. The second kappa shape index (κ2) is 8.36. The zero-order valence-electron chi connectivity index (χ0n) is 19.4. The Labute approximate surface area is 208 Å². The van der Waals surface area contributed by atoms with Crippen molar-refractivity contribution in [3.05, 3.63) is 128 Å². The Morgan fingerprint density at radius 1 is 0.528 bits per heavy atom. The van der Waals surface area contributed by atoms with E-state index in [2.05, 4.69) is 76.9 Å². The summed E-state index contributed by atoms with van der Waals surface area (Å²) in [5.41, 5.74) is 7.49. The summed E-state index contributed by atoms with van der Waals surface area (Å²) in [6.45, 7) is 0. The fraction of sp³-hybridized carbons (Fsp3) is 0. The van der Waals surface area contributed by atoms with Gasteiger partial charge in [-0.2, -0.15) is 0 Å². The van der Waals surface area contributed by atoms with Crippen LogP contribution in [0.1, 0.15) is 0 Å². The van der Waals surface area contributed by atoms with E-state index in [0.717, 1.165) is 61.3 Å². The lowest BCUT2D eigenvalue weighted by Gasteiger charge is -2.25. The lowest BCUT2D eigenvalue weighted by atomic mass is 10.1. The van der Waals surface area contributed by atoms with Gasteiger partial charge in [-0.15, -0.1) is 0 Å². The third-order valence-electron chi connectivity index (χ3n) is 6.48. The molecular formula is C32H22N2O2. The molecule has 0 saturated carbocycles. The number of nitrogens with zero attached hydrogens (tertiary/aromatic N) is 1. The Morgan fingerprint density at radius 3 is 2.00 bits per heavy atom. The number of rotatable bonds is 5. The minimum absolute atomic E-state index is 0.820. The molecule has 0 unspecified atom stereocenters. The average molecular weight is 467 g/mol. The summed E-state index contributed by atoms with van der Waals surface area (Å²) >= 11 is 0. The number of hydrogen-bond donors (Lipinski definition) is 1. The van der Waals surface area contributed by atoms with Crippen molar-refractivity contribution in [1.29, 1.82) is 0 Å². The molecule has 7 rings (SSSR count). The first-order valence-electron chi connectivity index (χ1n) is 11.9. The Morgan fingerprint density at radius 2 is 1.19 bits per heavy atom. The molecule has 4 nitrogen and oxygen atoms in total. The third-order valence-corrected chi connectivity index (χ3v) is 6.48. The molecule has 5 aromatic carbocycles. The van der Waals surface area contributed by atoms with Gasteiger partial charge in [0.2, 0.25) is 0 Å². The van der Waals surface area contributed by atoms with E-state index in [9.17, 15) is 0 Å². The van der Waals surface area contributed by atoms with E-state index in [1.807, 2.05) is 60.9 Å². The van der Waals surface area contributed by atoms with E-state index in [4.69, 9.17) is 8.83 Å². The highest BCUT2D eigenvalue weighted by Crippen LogP contribution is 2.46. The fourth-order valence-electron chi connectivity index (χ4n) is 4.89. The van der Waals surface area contributed by atoms with Gasteiger partial charge in [0.25, 0.3) is 0 Å². The van der Waals surface area contributed by atoms with Crippen LogP contribution in [-0.4, -0.2) is 0 Å². The topological polar surface area (TPSA) is 41.5 Å². The van der Waals surface area contributed by atoms with Crippen LogP contribution in [-0.2, 0) is 0 Å². The smallest absolute Gasteiger partial charge is 0.139 e. The molecule has 1 N–H and O–H groups in total. The van der Waals surface area contributed by atoms with Crippen molar-refractivity contribution in [3.63, 3.8) is 0 Å². The molecule has 0 spiro atoms. The first-order chi connectivity index (χ1) is 17.8. The highest BCUT2D eigenvalue weighted by atomic mass is 16.3. The van der Waals surface area contributed by atoms with Crippen LogP contribution in [0, 0.1) is 0 Å². The first-order valence-corrected chi connectivity index (χ1v) is 11.9. The molecule has 0 aliphatic rings. The maximum Gasteiger partial charge on any atom is 0.139 e. The Balaban J connectivity index is 1.54. The minimum Gasteiger partial charge on any atom is -0.462 e. The van der Waals surface area contributed by atoms with Gasteiger partial charge in [-0.3, -0.25) is 0 Å². The standard InChI is InChI=1S/C32H22N2O2/c1-3-11-22(12-4-1)33-23-19-27(32-26-16-8-10-18-30(26)36-31(32)20-23)34(24-13-5-2-6-14-24)28-21-35-29-17-9-7-15-25(28)29/h1-21,33H. The van der Waals surface area contributed by atoms with Gasteiger partial charge < -0.3 is 19.1 Å². The molecule has 0 saturated heterocycles. The monoisotopic (exact) mass is 466 g/mol. The molecule has 0 atom stereocenters. The zero-order valence-corrected chi connectivity index (χ0v) is 19.4. The van der Waals surface area contributed by atoms with E-state index in [1.54, 1.807) is 0 Å². The van der Waals surface area contributed by atoms with E-state index < -0.39 is 0 Å². The Hall–Kier alpha value is -4.96. The number of furan rings is 2. The van der Waals surface area contributed by atoms with Gasteiger partial charge in [0.15, 0.2) is 0 Å². The molecular weight excluding hydrogens is 444 g/mol. The minimum atomic E-state index is 0.820. The van der Waals surface area contributed by atoms with Crippen molar-refractivity contribution >= 4 is 61.3 Å². The van der Waals surface area contributed by atoms with Crippen LogP contribution in [0.2, 0.25) is 0 Å². The maximum atomic E-state index is 6.37. The lowest BCUT2D eigenvalue weighted by molar-refractivity contribution is 0.616. The molecule has 7 aromatic rings. The summed E-state index contributed by atoms with van der Waals surface area (Å²) in [5, 5.41) is 6.73. The second-order valence-corrected chi connectivity index (χ2v) is 8.75. The highest BCUT2D eigenvalue weighted by Gasteiger charge is 2.23. The maximum absolute atomic E-state index is 6.37. The molecule has 0 aliphatic carbocycles. The Bertz CT molecular complexity index is 1820. The average Bonchev–Trinajstić information content (AvgIpc) is 3.52. The summed E-state index contributed by atoms with van der Waals surface area (Å²) in [5.74, 6) is 0. The number of nitrogens with one attached hydrogen (secondary N) is 1. The van der Waals surface area contributed by atoms with Crippen molar-refractivity contribution in [2.75, 3.05) is 10.2 Å². The van der Waals surface area contributed by atoms with Crippen molar-refractivity contribution in [2.45, 2.75) is 0 Å². The lowest BCUT2D eigenvalue weighted by Crippen LogP contribution is -2.10. The number of hydrogen-bond acceptors (Lipinski definition) is 4. The molecule has 36 heavy (non-hydrogen) atoms. The van der Waals surface area contributed by atoms with Gasteiger partial charge >= 0.3 is 0 Å². The van der Waals surface area contributed by atoms with Crippen molar-refractivity contribution < 1.29 is 8.83 Å². The zero-order chi connectivity index (χ0) is 23.9. The van der Waals surface area contributed by atoms with Gasteiger partial charge in [-0.25, -0.2) is 0 Å². The molecule has 2 aromatic heterocycles. The SMILES string of the molecule is c1ccc(Nc2cc(N(c3ccccc3)c3coc4ccccc34)c3c(c2)oc2ccccc23)cc1. The predicted molar refractivity (Wildman–Crippen MR) is 148 cm³/mol. The van der Waals surface area contributed by atoms with Crippen molar-refractivity contribution in [3.8, 4) is 0 Å². The fourth-order valence-corrected chi connectivity index (χ4v) is 4.89. The molecule has 0 amide bonds. The van der Waals surface area contributed by atoms with Crippen LogP contribution in [0.4, 0.5) is 28.4 Å². The van der Waals surface area contributed by atoms with Crippen LogP contribution < -0.4 is 10.2 Å². The highest BCUT2D eigenvalue weighted by molar-refractivity contribution is 6.15. The van der Waals surface area contributed by atoms with E-state index in [0.29, 0.717) is 0 Å². The Kier molecular flexibility index (Phi) is 4.74. The number of benzene rings is 5. The molecule has 2 heterocycles. The van der Waals surface area contributed by atoms with Gasteiger partial charge in [0.05, 0.1) is 16.8 Å². The van der Waals surface area contributed by atoms with Crippen molar-refractivity contribution in [1.82, 2.24) is 0 Å². The van der Waals surface area contributed by atoms with Crippen LogP contribution in [0.3, 0.4) is 0 Å². The van der Waals surface area contributed by atoms with Gasteiger partial charge in [-0.1, -0.05) is 66.7 Å². The summed E-state index contributed by atoms with van der Waals surface area (Å²) in [4.78, 5) is 2.26. The normalized spacial score (nSPS) is 11.3.